The third kappa shape index (κ3) is 3.35. The molecule has 0 saturated heterocycles. The van der Waals surface area contributed by atoms with Crippen LogP contribution in [-0.4, -0.2) is 20.5 Å². The second-order valence-corrected chi connectivity index (χ2v) is 5.33. The van der Waals surface area contributed by atoms with E-state index in [0.29, 0.717) is 12.2 Å². The largest absolute Gasteiger partial charge is 0.306 e. The van der Waals surface area contributed by atoms with Crippen molar-refractivity contribution in [2.45, 2.75) is 32.9 Å². The first kappa shape index (κ1) is 13.6. The molecule has 6 heteroatoms. The molecule has 0 saturated carbocycles. The molecule has 0 radical (unpaired) electrons. The van der Waals surface area contributed by atoms with Crippen molar-refractivity contribution < 1.29 is 8.78 Å². The van der Waals surface area contributed by atoms with Crippen LogP contribution >= 0.6 is 0 Å². The van der Waals surface area contributed by atoms with Crippen LogP contribution in [0, 0.1) is 11.6 Å². The van der Waals surface area contributed by atoms with Crippen LogP contribution in [0.3, 0.4) is 0 Å². The minimum absolute atomic E-state index is 0.0477. The van der Waals surface area contributed by atoms with E-state index < -0.39 is 11.6 Å². The maximum atomic E-state index is 13.6. The summed E-state index contributed by atoms with van der Waals surface area (Å²) in [5, 5.41) is 11.0. The highest BCUT2D eigenvalue weighted by molar-refractivity contribution is 5.33. The molecule has 2 aromatic rings. The van der Waals surface area contributed by atoms with E-state index in [2.05, 4.69) is 15.6 Å². The van der Waals surface area contributed by atoms with Gasteiger partial charge in [-0.05, 0) is 32.9 Å². The van der Waals surface area contributed by atoms with Crippen molar-refractivity contribution in [2.24, 2.45) is 0 Å². The fourth-order valence-corrected chi connectivity index (χ4v) is 1.52. The summed E-state index contributed by atoms with van der Waals surface area (Å²) >= 11 is 0. The van der Waals surface area contributed by atoms with Gasteiger partial charge >= 0.3 is 0 Å². The van der Waals surface area contributed by atoms with Gasteiger partial charge in [0.25, 0.3) is 0 Å². The smallest absolute Gasteiger partial charge is 0.184 e. The lowest BCUT2D eigenvalue weighted by Gasteiger charge is -2.19. The second-order valence-electron chi connectivity index (χ2n) is 5.33. The third-order valence-electron chi connectivity index (χ3n) is 2.52. The summed E-state index contributed by atoms with van der Waals surface area (Å²) in [5.41, 5.74) is 0.668. The fraction of sp³-hybridized carbons (Fsp3) is 0.385. The molecule has 0 unspecified atom stereocenters. The number of benzene rings is 1. The second kappa shape index (κ2) is 5.05. The predicted molar refractivity (Wildman–Crippen MR) is 67.9 cm³/mol. The molecular weight excluding hydrogens is 250 g/mol. The molecule has 0 aliphatic carbocycles. The summed E-state index contributed by atoms with van der Waals surface area (Å²) in [5.74, 6) is -1.83. The molecule has 0 spiro atoms. The summed E-state index contributed by atoms with van der Waals surface area (Å²) in [7, 11) is 0. The Balaban J connectivity index is 2.19. The first-order chi connectivity index (χ1) is 8.87. The van der Waals surface area contributed by atoms with E-state index in [1.165, 1.54) is 16.8 Å². The Kier molecular flexibility index (Phi) is 3.61. The SMILES string of the molecule is CC(C)(C)NCc1cn(-c2cccc(F)c2F)nn1. The van der Waals surface area contributed by atoms with Crippen molar-refractivity contribution in [3.05, 3.63) is 41.7 Å². The molecule has 0 fully saturated rings. The molecule has 0 amide bonds. The topological polar surface area (TPSA) is 42.7 Å². The highest BCUT2D eigenvalue weighted by Crippen LogP contribution is 2.15. The molecule has 1 N–H and O–H groups in total. The fourth-order valence-electron chi connectivity index (χ4n) is 1.52. The Labute approximate surface area is 110 Å². The van der Waals surface area contributed by atoms with Gasteiger partial charge < -0.3 is 5.32 Å². The zero-order chi connectivity index (χ0) is 14.0. The number of nitrogens with one attached hydrogen (secondary N) is 1. The number of aromatic nitrogens is 3. The van der Waals surface area contributed by atoms with Crippen LogP contribution in [0.5, 0.6) is 0 Å². The Morgan fingerprint density at radius 1 is 1.26 bits per heavy atom. The summed E-state index contributed by atoms with van der Waals surface area (Å²) in [6.07, 6.45) is 1.58. The van der Waals surface area contributed by atoms with Gasteiger partial charge in [-0.15, -0.1) is 5.10 Å². The van der Waals surface area contributed by atoms with E-state index in [1.807, 2.05) is 20.8 Å². The van der Waals surface area contributed by atoms with Crippen molar-refractivity contribution >= 4 is 0 Å². The molecular formula is C13H16F2N4. The standard InChI is InChI=1S/C13H16F2N4/c1-13(2,3)16-7-9-8-19(18-17-9)11-6-4-5-10(14)12(11)15/h4-6,8,16H,7H2,1-3H3. The van der Waals surface area contributed by atoms with Crippen LogP contribution in [0.15, 0.2) is 24.4 Å². The van der Waals surface area contributed by atoms with Crippen molar-refractivity contribution in [2.75, 3.05) is 0 Å². The summed E-state index contributed by atoms with van der Waals surface area (Å²) in [6.45, 7) is 6.61. The van der Waals surface area contributed by atoms with Gasteiger partial charge in [0, 0.05) is 12.1 Å². The van der Waals surface area contributed by atoms with Crippen molar-refractivity contribution in [3.8, 4) is 5.69 Å². The van der Waals surface area contributed by atoms with Gasteiger partial charge in [0.1, 0.15) is 5.69 Å². The van der Waals surface area contributed by atoms with Crippen LogP contribution in [0.1, 0.15) is 26.5 Å². The Morgan fingerprint density at radius 3 is 2.68 bits per heavy atom. The van der Waals surface area contributed by atoms with Gasteiger partial charge in [-0.3, -0.25) is 0 Å². The van der Waals surface area contributed by atoms with Gasteiger partial charge in [-0.2, -0.15) is 0 Å². The first-order valence-corrected chi connectivity index (χ1v) is 5.97. The van der Waals surface area contributed by atoms with E-state index in [1.54, 1.807) is 6.20 Å². The van der Waals surface area contributed by atoms with Crippen LogP contribution in [0.2, 0.25) is 0 Å². The average Bonchev–Trinajstić information content (AvgIpc) is 2.78. The highest BCUT2D eigenvalue weighted by Gasteiger charge is 2.13. The lowest BCUT2D eigenvalue weighted by atomic mass is 10.1. The molecule has 1 aromatic carbocycles. The van der Waals surface area contributed by atoms with Crippen molar-refractivity contribution in [3.63, 3.8) is 0 Å². The number of halogens is 2. The van der Waals surface area contributed by atoms with Crippen LogP contribution in [0.25, 0.3) is 5.69 Å². The minimum Gasteiger partial charge on any atom is -0.306 e. The molecule has 0 atom stereocenters. The highest BCUT2D eigenvalue weighted by atomic mass is 19.2. The average molecular weight is 266 g/mol. The normalized spacial score (nSPS) is 11.8. The zero-order valence-corrected chi connectivity index (χ0v) is 11.1. The van der Waals surface area contributed by atoms with Gasteiger partial charge in [0.2, 0.25) is 0 Å². The zero-order valence-electron chi connectivity index (χ0n) is 11.1. The van der Waals surface area contributed by atoms with Crippen LogP contribution in [0.4, 0.5) is 8.78 Å². The van der Waals surface area contributed by atoms with Gasteiger partial charge in [0.15, 0.2) is 11.6 Å². The predicted octanol–water partition coefficient (Wildman–Crippen LogP) is 2.43. The summed E-state index contributed by atoms with van der Waals surface area (Å²) in [6, 6.07) is 3.95. The summed E-state index contributed by atoms with van der Waals surface area (Å²) < 4.78 is 28.0. The van der Waals surface area contributed by atoms with Crippen molar-refractivity contribution in [1.29, 1.82) is 0 Å². The van der Waals surface area contributed by atoms with Gasteiger partial charge in [-0.1, -0.05) is 11.3 Å². The number of hydrogen-bond acceptors (Lipinski definition) is 3. The Hall–Kier alpha value is -1.82. The van der Waals surface area contributed by atoms with E-state index in [9.17, 15) is 8.78 Å². The van der Waals surface area contributed by atoms with Gasteiger partial charge in [0.05, 0.1) is 11.9 Å². The monoisotopic (exact) mass is 266 g/mol. The van der Waals surface area contributed by atoms with E-state index >= 15 is 0 Å². The van der Waals surface area contributed by atoms with E-state index in [4.69, 9.17) is 0 Å². The minimum atomic E-state index is -0.928. The number of rotatable bonds is 3. The molecule has 0 bridgehead atoms. The molecule has 102 valence electrons. The Bertz CT molecular complexity index is 572. The quantitative estimate of drug-likeness (QED) is 0.927. The number of nitrogens with zero attached hydrogens (tertiary/aromatic N) is 3. The molecule has 0 aliphatic rings. The molecule has 1 heterocycles. The van der Waals surface area contributed by atoms with Crippen molar-refractivity contribution in [1.82, 2.24) is 20.3 Å². The summed E-state index contributed by atoms with van der Waals surface area (Å²) in [4.78, 5) is 0. The Morgan fingerprint density at radius 2 is 2.00 bits per heavy atom. The molecule has 0 aliphatic heterocycles. The first-order valence-electron chi connectivity index (χ1n) is 5.97. The van der Waals surface area contributed by atoms with Crippen LogP contribution in [-0.2, 0) is 6.54 Å². The van der Waals surface area contributed by atoms with E-state index in [-0.39, 0.29) is 11.2 Å². The third-order valence-corrected chi connectivity index (χ3v) is 2.52. The maximum Gasteiger partial charge on any atom is 0.184 e. The van der Waals surface area contributed by atoms with Crippen LogP contribution < -0.4 is 5.32 Å². The maximum absolute atomic E-state index is 13.6. The molecule has 4 nitrogen and oxygen atoms in total. The lowest BCUT2D eigenvalue weighted by molar-refractivity contribution is 0.421. The molecule has 2 rings (SSSR count). The van der Waals surface area contributed by atoms with Gasteiger partial charge in [-0.25, -0.2) is 13.5 Å². The lowest BCUT2D eigenvalue weighted by Crippen LogP contribution is -2.35. The molecule has 19 heavy (non-hydrogen) atoms. The molecule has 1 aromatic heterocycles. The number of hydrogen-bond donors (Lipinski definition) is 1. The van der Waals surface area contributed by atoms with E-state index in [0.717, 1.165) is 6.07 Å².